The number of benzene rings is 2. The molecule has 2 saturated heterocycles. The Morgan fingerprint density at radius 3 is 2.70 bits per heavy atom. The average Bonchev–Trinajstić information content (AvgIpc) is 3.52. The van der Waals surface area contributed by atoms with Crippen LogP contribution in [0.25, 0.3) is 32.9 Å². The molecule has 1 saturated carbocycles. The van der Waals surface area contributed by atoms with E-state index in [4.69, 9.17) is 9.47 Å². The Balaban J connectivity index is 1.25. The number of hydrogen-bond donors (Lipinski definition) is 3. The Morgan fingerprint density at radius 2 is 1.94 bits per heavy atom. The van der Waals surface area contributed by atoms with Gasteiger partial charge in [0, 0.05) is 31.3 Å². The van der Waals surface area contributed by atoms with E-state index in [1.165, 1.54) is 12.3 Å². The number of fused-ring (bicyclic) bond motifs is 3. The molecule has 10 nitrogen and oxygen atoms in total. The highest BCUT2D eigenvalue weighted by molar-refractivity contribution is 5.99. The molecule has 248 valence electrons. The molecule has 2 aliphatic heterocycles. The Kier molecular flexibility index (Phi) is 7.81. The summed E-state index contributed by atoms with van der Waals surface area (Å²) in [6.45, 7) is 7.11. The fraction of sp³-hybridized carbons (Fsp3) is 0.486. The van der Waals surface area contributed by atoms with Crippen molar-refractivity contribution in [1.29, 1.82) is 0 Å². The van der Waals surface area contributed by atoms with Crippen molar-refractivity contribution in [3.05, 3.63) is 48.4 Å². The number of nitrogens with zero attached hydrogens (tertiary/aromatic N) is 4. The Bertz CT molecular complexity index is 1840. The van der Waals surface area contributed by atoms with E-state index >= 15 is 4.39 Å². The number of ether oxygens (including phenoxy) is 2. The van der Waals surface area contributed by atoms with Gasteiger partial charge >= 0.3 is 12.1 Å². The molecule has 0 radical (unpaired) electrons. The summed E-state index contributed by atoms with van der Waals surface area (Å²) < 4.78 is 42.8. The molecule has 3 aliphatic rings. The van der Waals surface area contributed by atoms with E-state index in [0.29, 0.717) is 36.3 Å². The Labute approximate surface area is 271 Å². The minimum absolute atomic E-state index is 0.00625. The van der Waals surface area contributed by atoms with E-state index < -0.39 is 34.8 Å². The van der Waals surface area contributed by atoms with Crippen LogP contribution in [-0.2, 0) is 4.74 Å². The second-order valence-electron chi connectivity index (χ2n) is 14.2. The summed E-state index contributed by atoms with van der Waals surface area (Å²) in [4.78, 5) is 28.5. The molecule has 1 amide bonds. The number of halogens is 2. The number of rotatable bonds is 8. The van der Waals surface area contributed by atoms with Crippen molar-refractivity contribution in [2.24, 2.45) is 0 Å². The van der Waals surface area contributed by atoms with Crippen molar-refractivity contribution >= 4 is 33.6 Å². The van der Waals surface area contributed by atoms with Gasteiger partial charge in [0.2, 0.25) is 0 Å². The number of aromatic nitrogens is 3. The molecule has 1 aliphatic carbocycles. The van der Waals surface area contributed by atoms with Crippen LogP contribution in [0.2, 0.25) is 0 Å². The summed E-state index contributed by atoms with van der Waals surface area (Å²) >= 11 is 0. The zero-order chi connectivity index (χ0) is 33.0. The van der Waals surface area contributed by atoms with Crippen LogP contribution in [0.5, 0.6) is 11.8 Å². The predicted molar refractivity (Wildman–Crippen MR) is 175 cm³/mol. The van der Waals surface area contributed by atoms with Gasteiger partial charge in [0.05, 0.1) is 16.5 Å². The lowest BCUT2D eigenvalue weighted by atomic mass is 9.76. The summed E-state index contributed by atoms with van der Waals surface area (Å²) in [6.07, 6.45) is 4.61. The number of phenolic OH excluding ortho intramolecular Hbond substituents is 1. The number of carbonyl (C=O) groups excluding carboxylic acids is 1. The molecule has 3 fully saturated rings. The average molecular weight is 647 g/mol. The number of pyridine rings is 1. The van der Waals surface area contributed by atoms with Crippen LogP contribution in [0.15, 0.2) is 42.6 Å². The lowest BCUT2D eigenvalue weighted by Gasteiger charge is -2.42. The smallest absolute Gasteiger partial charge is 0.408 e. The molecule has 0 spiro atoms. The number of phenols is 1. The third-order valence-electron chi connectivity index (χ3n) is 9.67. The van der Waals surface area contributed by atoms with Crippen LogP contribution < -0.4 is 15.4 Å². The number of alkyl halides is 1. The van der Waals surface area contributed by atoms with E-state index in [9.17, 15) is 14.3 Å². The molecular formula is C35H40F2N6O4. The molecule has 0 unspecified atom stereocenters. The lowest BCUT2D eigenvalue weighted by molar-refractivity contribution is 0.0398. The van der Waals surface area contributed by atoms with Gasteiger partial charge in [-0.3, -0.25) is 9.88 Å². The maximum Gasteiger partial charge on any atom is 0.408 e. The normalized spacial score (nSPS) is 22.2. The van der Waals surface area contributed by atoms with Crippen LogP contribution in [0, 0.1) is 5.82 Å². The minimum Gasteiger partial charge on any atom is -0.508 e. The monoisotopic (exact) mass is 646 g/mol. The number of amides is 1. The van der Waals surface area contributed by atoms with E-state index in [0.717, 1.165) is 49.4 Å². The Morgan fingerprint density at radius 1 is 1.13 bits per heavy atom. The molecule has 4 aromatic rings. The molecular weight excluding hydrogens is 606 g/mol. The van der Waals surface area contributed by atoms with Gasteiger partial charge in [0.1, 0.15) is 41.2 Å². The fourth-order valence-electron chi connectivity index (χ4n) is 7.28. The maximum atomic E-state index is 16.6. The molecule has 4 heterocycles. The highest BCUT2D eigenvalue weighted by Crippen LogP contribution is 2.41. The van der Waals surface area contributed by atoms with Crippen molar-refractivity contribution in [3.8, 4) is 23.0 Å². The zero-order valence-electron chi connectivity index (χ0n) is 26.9. The first-order chi connectivity index (χ1) is 22.4. The van der Waals surface area contributed by atoms with E-state index in [1.807, 2.05) is 45.0 Å². The summed E-state index contributed by atoms with van der Waals surface area (Å²) in [5.74, 6) is -0.402. The van der Waals surface area contributed by atoms with Gasteiger partial charge in [-0.2, -0.15) is 9.97 Å². The number of alkyl carbamates (subject to hydrolysis) is 1. The van der Waals surface area contributed by atoms with Crippen LogP contribution in [0.4, 0.5) is 19.4 Å². The van der Waals surface area contributed by atoms with Crippen molar-refractivity contribution in [1.82, 2.24) is 25.2 Å². The number of aromatic hydroxyl groups is 1. The first-order valence-electron chi connectivity index (χ1n) is 16.3. The van der Waals surface area contributed by atoms with Crippen LogP contribution >= 0.6 is 0 Å². The van der Waals surface area contributed by atoms with E-state index in [-0.39, 0.29) is 29.6 Å². The number of carbonyl (C=O) groups is 1. The van der Waals surface area contributed by atoms with Crippen molar-refractivity contribution in [3.63, 3.8) is 0 Å². The third-order valence-corrected chi connectivity index (χ3v) is 9.67. The lowest BCUT2D eigenvalue weighted by Crippen LogP contribution is -2.58. The number of hydrogen-bond acceptors (Lipinski definition) is 9. The van der Waals surface area contributed by atoms with Gasteiger partial charge < -0.3 is 25.2 Å². The quantitative estimate of drug-likeness (QED) is 0.197. The standard InChI is InChI=1S/C35H40F2N6O4/c1-33(2,3)47-32(45)42-34(10-6-11-34)19-39-30-26-17-38-28(25-15-23(44)14-21-8-4-5-9-24(21)25)27(37)29(26)40-31(41-30)46-20-35-12-7-13-43(35)18-22(36)16-35/h4-5,8-9,14-15,17,22,44H,6-7,10-13,16,18-20H2,1-3H3,(H,42,45)(H,39,40,41)/t22-,35+/m1/s1. The fourth-order valence-corrected chi connectivity index (χ4v) is 7.28. The Hall–Kier alpha value is -4.32. The van der Waals surface area contributed by atoms with Crippen molar-refractivity contribution in [2.75, 3.05) is 31.6 Å². The topological polar surface area (TPSA) is 122 Å². The molecule has 3 N–H and O–H groups in total. The van der Waals surface area contributed by atoms with Crippen molar-refractivity contribution in [2.45, 2.75) is 82.1 Å². The first-order valence-corrected chi connectivity index (χ1v) is 16.3. The minimum atomic E-state index is -0.923. The summed E-state index contributed by atoms with van der Waals surface area (Å²) in [7, 11) is 0. The van der Waals surface area contributed by atoms with Gasteiger partial charge in [0.15, 0.2) is 5.82 Å². The molecule has 7 rings (SSSR count). The van der Waals surface area contributed by atoms with Gasteiger partial charge in [-0.25, -0.2) is 13.6 Å². The van der Waals surface area contributed by atoms with E-state index in [1.54, 1.807) is 6.07 Å². The summed E-state index contributed by atoms with van der Waals surface area (Å²) in [5.41, 5.74) is -1.22. The highest BCUT2D eigenvalue weighted by Gasteiger charge is 2.49. The molecule has 2 aromatic carbocycles. The third kappa shape index (κ3) is 6.10. The molecule has 2 atom stereocenters. The van der Waals surface area contributed by atoms with Crippen molar-refractivity contribution < 1.29 is 28.2 Å². The molecule has 12 heteroatoms. The SMILES string of the molecule is CC(C)(C)OC(=O)NC1(CNc2nc(OC[C@@]34CCCN3C[C@H](F)C4)nc3c(F)c(-c4cc(O)cc5ccccc45)ncc23)CCC1. The van der Waals surface area contributed by atoms with Gasteiger partial charge in [-0.15, -0.1) is 0 Å². The van der Waals surface area contributed by atoms with Crippen LogP contribution in [0.3, 0.4) is 0 Å². The van der Waals surface area contributed by atoms with Gasteiger partial charge in [0.25, 0.3) is 0 Å². The molecule has 47 heavy (non-hydrogen) atoms. The largest absolute Gasteiger partial charge is 0.508 e. The van der Waals surface area contributed by atoms with Crippen LogP contribution in [0.1, 0.15) is 59.3 Å². The van der Waals surface area contributed by atoms with E-state index in [2.05, 4.69) is 30.5 Å². The molecule has 0 bridgehead atoms. The summed E-state index contributed by atoms with van der Waals surface area (Å²) in [6, 6.07) is 10.4. The zero-order valence-corrected chi connectivity index (χ0v) is 26.9. The maximum absolute atomic E-state index is 16.6. The highest BCUT2D eigenvalue weighted by atomic mass is 19.1. The predicted octanol–water partition coefficient (Wildman–Crippen LogP) is 6.50. The number of anilines is 1. The number of nitrogens with one attached hydrogen (secondary N) is 2. The molecule has 2 aromatic heterocycles. The summed E-state index contributed by atoms with van der Waals surface area (Å²) in [5, 5.41) is 18.6. The second-order valence-corrected chi connectivity index (χ2v) is 14.2. The van der Waals surface area contributed by atoms with Gasteiger partial charge in [-0.1, -0.05) is 24.3 Å². The first kappa shape index (κ1) is 31.3. The van der Waals surface area contributed by atoms with Gasteiger partial charge in [-0.05, 0) is 82.3 Å². The van der Waals surface area contributed by atoms with Crippen LogP contribution in [-0.4, -0.2) is 80.1 Å². The second kappa shape index (κ2) is 11.7.